The van der Waals surface area contributed by atoms with E-state index >= 15 is 0 Å². The van der Waals surface area contributed by atoms with E-state index in [1.54, 1.807) is 0 Å². The lowest BCUT2D eigenvalue weighted by molar-refractivity contribution is 0.478. The van der Waals surface area contributed by atoms with Gasteiger partial charge in [-0.3, -0.25) is 0 Å². The zero-order valence-corrected chi connectivity index (χ0v) is 11.3. The van der Waals surface area contributed by atoms with Crippen LogP contribution in [0.3, 0.4) is 0 Å². The maximum atomic E-state index is 3.68. The molecule has 1 nitrogen and oxygen atoms in total. The second-order valence-electron chi connectivity index (χ2n) is 5.54. The molecule has 0 aliphatic carbocycles. The predicted octanol–water partition coefficient (Wildman–Crippen LogP) is 3.77. The average Bonchev–Trinajstić information content (AvgIpc) is 2.53. The van der Waals surface area contributed by atoms with Gasteiger partial charge in [0, 0.05) is 6.04 Å². The lowest BCUT2D eigenvalue weighted by atomic mass is 9.99. The summed E-state index contributed by atoms with van der Waals surface area (Å²) < 4.78 is 0. The number of nitrogens with one attached hydrogen (secondary N) is 1. The van der Waals surface area contributed by atoms with Gasteiger partial charge in [0.2, 0.25) is 0 Å². The van der Waals surface area contributed by atoms with Gasteiger partial charge in [-0.1, -0.05) is 42.2 Å². The van der Waals surface area contributed by atoms with Gasteiger partial charge < -0.3 is 5.32 Å². The van der Waals surface area contributed by atoms with Crippen molar-refractivity contribution < 1.29 is 0 Å². The summed E-state index contributed by atoms with van der Waals surface area (Å²) in [5.41, 5.74) is 4.30. The number of hydrogen-bond acceptors (Lipinski definition) is 1. The predicted molar refractivity (Wildman–Crippen MR) is 74.5 cm³/mol. The van der Waals surface area contributed by atoms with E-state index in [0.29, 0.717) is 0 Å². The van der Waals surface area contributed by atoms with Crippen molar-refractivity contribution in [1.82, 2.24) is 5.32 Å². The molecule has 0 spiro atoms. The SMILES string of the molecule is Cc1cc(C)cc(CCC2CCCCCN2)c1. The molecule has 1 heterocycles. The molecular formula is C16H25N. The van der Waals surface area contributed by atoms with Crippen LogP contribution in [0.4, 0.5) is 0 Å². The molecule has 1 unspecified atom stereocenters. The molecule has 94 valence electrons. The van der Waals surface area contributed by atoms with Gasteiger partial charge in [-0.15, -0.1) is 0 Å². The highest BCUT2D eigenvalue weighted by Gasteiger charge is 2.11. The molecule has 1 aromatic rings. The first-order valence-electron chi connectivity index (χ1n) is 7.04. The zero-order valence-electron chi connectivity index (χ0n) is 11.3. The Morgan fingerprint density at radius 1 is 1.06 bits per heavy atom. The molecule has 0 aromatic heterocycles. The van der Waals surface area contributed by atoms with Crippen molar-refractivity contribution in [1.29, 1.82) is 0 Å². The van der Waals surface area contributed by atoms with E-state index in [2.05, 4.69) is 37.4 Å². The molecule has 1 atom stereocenters. The Morgan fingerprint density at radius 3 is 2.59 bits per heavy atom. The monoisotopic (exact) mass is 231 g/mol. The summed E-state index contributed by atoms with van der Waals surface area (Å²) in [6, 6.07) is 7.68. The Morgan fingerprint density at radius 2 is 1.82 bits per heavy atom. The summed E-state index contributed by atoms with van der Waals surface area (Å²) in [6.45, 7) is 5.61. The third-order valence-corrected chi connectivity index (χ3v) is 3.73. The highest BCUT2D eigenvalue weighted by atomic mass is 14.9. The van der Waals surface area contributed by atoms with Crippen LogP contribution >= 0.6 is 0 Å². The van der Waals surface area contributed by atoms with Crippen molar-refractivity contribution in [3.05, 3.63) is 34.9 Å². The topological polar surface area (TPSA) is 12.0 Å². The molecule has 0 amide bonds. The van der Waals surface area contributed by atoms with Gasteiger partial charge in [-0.25, -0.2) is 0 Å². The maximum absolute atomic E-state index is 3.68. The molecule has 0 saturated carbocycles. The minimum atomic E-state index is 0.748. The molecule has 0 radical (unpaired) electrons. The molecule has 1 N–H and O–H groups in total. The second kappa shape index (κ2) is 6.20. The molecule has 1 aliphatic heterocycles. The van der Waals surface area contributed by atoms with Crippen molar-refractivity contribution in [3.8, 4) is 0 Å². The lowest BCUT2D eigenvalue weighted by Crippen LogP contribution is -2.28. The van der Waals surface area contributed by atoms with Gasteiger partial charge >= 0.3 is 0 Å². The fourth-order valence-corrected chi connectivity index (χ4v) is 2.90. The third-order valence-electron chi connectivity index (χ3n) is 3.73. The second-order valence-corrected chi connectivity index (χ2v) is 5.54. The first kappa shape index (κ1) is 12.6. The number of benzene rings is 1. The molecule has 1 aromatic carbocycles. The standard InChI is InChI=1S/C16H25N/c1-13-10-14(2)12-15(11-13)7-8-16-6-4-3-5-9-17-16/h10-12,16-17H,3-9H2,1-2H3. The summed E-state index contributed by atoms with van der Waals surface area (Å²) in [5, 5.41) is 3.68. The van der Waals surface area contributed by atoms with E-state index in [0.717, 1.165) is 6.04 Å². The summed E-state index contributed by atoms with van der Waals surface area (Å²) in [7, 11) is 0. The van der Waals surface area contributed by atoms with Gasteiger partial charge in [0.25, 0.3) is 0 Å². The highest BCUT2D eigenvalue weighted by Crippen LogP contribution is 2.15. The number of hydrogen-bond donors (Lipinski definition) is 1. The summed E-state index contributed by atoms with van der Waals surface area (Å²) >= 11 is 0. The number of rotatable bonds is 3. The Balaban J connectivity index is 1.87. The Hall–Kier alpha value is -0.820. The lowest BCUT2D eigenvalue weighted by Gasteiger charge is -2.15. The molecule has 1 saturated heterocycles. The van der Waals surface area contributed by atoms with Crippen LogP contribution in [0.5, 0.6) is 0 Å². The van der Waals surface area contributed by atoms with E-state index in [-0.39, 0.29) is 0 Å². The zero-order chi connectivity index (χ0) is 12.1. The van der Waals surface area contributed by atoms with Crippen LogP contribution < -0.4 is 5.32 Å². The van der Waals surface area contributed by atoms with Crippen molar-refractivity contribution >= 4 is 0 Å². The molecule has 0 bridgehead atoms. The molecule has 1 fully saturated rings. The van der Waals surface area contributed by atoms with Crippen molar-refractivity contribution in [2.24, 2.45) is 0 Å². The van der Waals surface area contributed by atoms with Gasteiger partial charge in [-0.2, -0.15) is 0 Å². The van der Waals surface area contributed by atoms with Crippen LogP contribution in [0.25, 0.3) is 0 Å². The summed E-state index contributed by atoms with van der Waals surface area (Å²) in [4.78, 5) is 0. The van der Waals surface area contributed by atoms with Crippen LogP contribution in [0.1, 0.15) is 48.8 Å². The van der Waals surface area contributed by atoms with Crippen LogP contribution in [-0.2, 0) is 6.42 Å². The minimum absolute atomic E-state index is 0.748. The highest BCUT2D eigenvalue weighted by molar-refractivity contribution is 5.28. The smallest absolute Gasteiger partial charge is 0.00702 e. The van der Waals surface area contributed by atoms with Crippen LogP contribution in [0.2, 0.25) is 0 Å². The molecular weight excluding hydrogens is 206 g/mol. The van der Waals surface area contributed by atoms with E-state index in [9.17, 15) is 0 Å². The summed E-state index contributed by atoms with van der Waals surface area (Å²) in [5.74, 6) is 0. The largest absolute Gasteiger partial charge is 0.314 e. The first-order valence-corrected chi connectivity index (χ1v) is 7.04. The minimum Gasteiger partial charge on any atom is -0.314 e. The van der Waals surface area contributed by atoms with Gasteiger partial charge in [0.05, 0.1) is 0 Å². The van der Waals surface area contributed by atoms with E-state index in [4.69, 9.17) is 0 Å². The average molecular weight is 231 g/mol. The van der Waals surface area contributed by atoms with Crippen molar-refractivity contribution in [2.75, 3.05) is 6.54 Å². The normalized spacial score (nSPS) is 21.2. The molecule has 17 heavy (non-hydrogen) atoms. The van der Waals surface area contributed by atoms with Crippen LogP contribution in [0, 0.1) is 13.8 Å². The third kappa shape index (κ3) is 4.16. The van der Waals surface area contributed by atoms with Gasteiger partial charge in [0.15, 0.2) is 0 Å². The quantitative estimate of drug-likeness (QED) is 0.835. The molecule has 1 aliphatic rings. The Bertz CT molecular complexity index is 328. The van der Waals surface area contributed by atoms with E-state index < -0.39 is 0 Å². The van der Waals surface area contributed by atoms with Gasteiger partial charge in [-0.05, 0) is 51.6 Å². The molecule has 2 rings (SSSR count). The summed E-state index contributed by atoms with van der Waals surface area (Å²) in [6.07, 6.45) is 8.06. The first-order chi connectivity index (χ1) is 8.24. The molecule has 1 heteroatoms. The fourth-order valence-electron chi connectivity index (χ4n) is 2.90. The Labute approximate surface area is 106 Å². The Kier molecular flexibility index (Phi) is 4.61. The van der Waals surface area contributed by atoms with E-state index in [1.807, 2.05) is 0 Å². The van der Waals surface area contributed by atoms with Crippen molar-refractivity contribution in [2.45, 2.75) is 58.4 Å². The van der Waals surface area contributed by atoms with E-state index in [1.165, 1.54) is 61.8 Å². The maximum Gasteiger partial charge on any atom is 0.00702 e. The number of aryl methyl sites for hydroxylation is 3. The van der Waals surface area contributed by atoms with Crippen molar-refractivity contribution in [3.63, 3.8) is 0 Å². The fraction of sp³-hybridized carbons (Fsp3) is 0.625. The van der Waals surface area contributed by atoms with Crippen LogP contribution in [0.15, 0.2) is 18.2 Å². The van der Waals surface area contributed by atoms with Crippen LogP contribution in [-0.4, -0.2) is 12.6 Å². The van der Waals surface area contributed by atoms with Gasteiger partial charge in [0.1, 0.15) is 0 Å².